The van der Waals surface area contributed by atoms with Crippen LogP contribution in [0.3, 0.4) is 0 Å². The van der Waals surface area contributed by atoms with E-state index in [1.807, 2.05) is 0 Å². The van der Waals surface area contributed by atoms with Crippen LogP contribution >= 0.6 is 0 Å². The normalized spacial score (nSPS) is 9.05. The molecule has 0 spiro atoms. The second kappa shape index (κ2) is 11.8. The van der Waals surface area contributed by atoms with Crippen LogP contribution in [-0.4, -0.2) is 11.9 Å². The zero-order valence-electron chi connectivity index (χ0n) is 11.3. The number of nitrogen functional groups attached to an aromatic ring is 1. The molecule has 19 heavy (non-hydrogen) atoms. The molecule has 5 nitrogen and oxygen atoms in total. The first-order valence-corrected chi connectivity index (χ1v) is 5.26. The van der Waals surface area contributed by atoms with Gasteiger partial charge in [0, 0.05) is 17.6 Å². The molecular weight excluding hydrogens is 300 g/mol. The van der Waals surface area contributed by atoms with Gasteiger partial charge in [0.1, 0.15) is 0 Å². The molecule has 1 aromatic rings. The van der Waals surface area contributed by atoms with Gasteiger partial charge in [-0.25, -0.2) is 0 Å². The van der Waals surface area contributed by atoms with Gasteiger partial charge in [0.05, 0.1) is 0 Å². The summed E-state index contributed by atoms with van der Waals surface area (Å²) in [6, 6.07) is 5.11. The predicted octanol–water partition coefficient (Wildman–Crippen LogP) is -7.36. The monoisotopic (exact) mass is 313 g/mol. The van der Waals surface area contributed by atoms with Gasteiger partial charge in [-0.1, -0.05) is 12.1 Å². The number of rotatable bonds is 6. The van der Waals surface area contributed by atoms with E-state index in [2.05, 4.69) is 0 Å². The first kappa shape index (κ1) is 22.5. The second-order valence-electron chi connectivity index (χ2n) is 3.78. The Balaban J connectivity index is 0. The van der Waals surface area contributed by atoms with Gasteiger partial charge in [0.25, 0.3) is 0 Å². The number of aryl methyl sites for hydroxylation is 2. The van der Waals surface area contributed by atoms with Crippen LogP contribution in [0.15, 0.2) is 18.2 Å². The first-order valence-electron chi connectivity index (χ1n) is 5.26. The van der Waals surface area contributed by atoms with Gasteiger partial charge in [0.2, 0.25) is 0 Å². The van der Waals surface area contributed by atoms with Crippen molar-refractivity contribution in [3.8, 4) is 0 Å². The summed E-state index contributed by atoms with van der Waals surface area (Å²) in [5, 5.41) is 20.6. The van der Waals surface area contributed by atoms with E-state index in [0.29, 0.717) is 18.5 Å². The Bertz CT molecular complexity index is 438. The topological polar surface area (TPSA) is 106 Å². The van der Waals surface area contributed by atoms with Crippen molar-refractivity contribution in [3.63, 3.8) is 0 Å². The van der Waals surface area contributed by atoms with Crippen molar-refractivity contribution in [1.82, 2.24) is 0 Å². The molecule has 0 radical (unpaired) electrons. The van der Waals surface area contributed by atoms with Crippen molar-refractivity contribution in [3.05, 3.63) is 29.3 Å². The molecule has 0 aliphatic carbocycles. The molecular formula is C12H13K2NO4. The summed E-state index contributed by atoms with van der Waals surface area (Å²) < 4.78 is 0. The van der Waals surface area contributed by atoms with Crippen molar-refractivity contribution in [2.75, 3.05) is 5.73 Å². The number of nitrogens with two attached hydrogens (primary N) is 1. The first-order chi connectivity index (χ1) is 7.99. The average molecular weight is 313 g/mol. The zero-order valence-corrected chi connectivity index (χ0v) is 17.5. The number of carboxylic acids is 2. The molecule has 0 unspecified atom stereocenters. The van der Waals surface area contributed by atoms with E-state index in [1.165, 1.54) is 0 Å². The smallest absolute Gasteiger partial charge is 0.550 e. The average Bonchev–Trinajstić information content (AvgIpc) is 2.24. The fourth-order valence-electron chi connectivity index (χ4n) is 1.51. The molecule has 0 saturated heterocycles. The van der Waals surface area contributed by atoms with Crippen molar-refractivity contribution in [2.24, 2.45) is 0 Å². The maximum Gasteiger partial charge on any atom is 1.00 e. The molecule has 2 N–H and O–H groups in total. The minimum absolute atomic E-state index is 0. The number of benzene rings is 1. The third-order valence-corrected chi connectivity index (χ3v) is 2.43. The van der Waals surface area contributed by atoms with Crippen molar-refractivity contribution in [1.29, 1.82) is 0 Å². The van der Waals surface area contributed by atoms with Crippen LogP contribution in [0.25, 0.3) is 0 Å². The van der Waals surface area contributed by atoms with Gasteiger partial charge in [-0.05, 0) is 42.9 Å². The number of carboxylic acid groups (broad SMARTS) is 2. The van der Waals surface area contributed by atoms with Crippen LogP contribution in [0.2, 0.25) is 0 Å². The Hall–Kier alpha value is 1.23. The molecule has 0 aliphatic rings. The van der Waals surface area contributed by atoms with Crippen molar-refractivity contribution in [2.45, 2.75) is 25.7 Å². The minimum atomic E-state index is -1.12. The summed E-state index contributed by atoms with van der Waals surface area (Å²) in [6.07, 6.45) is 0.530. The summed E-state index contributed by atoms with van der Waals surface area (Å²) in [5.41, 5.74) is 7.74. The standard InChI is InChI=1S/C12H15NO4.2K/c13-10-7-8(2-5-11(14)15)1-3-9(10)4-6-12(16)17;;/h1,3,7H,2,4-6,13H2,(H,14,15)(H,16,17);;/q;2*+1/p-2. The number of carbonyl (C=O) groups excluding carboxylic acids is 2. The van der Waals surface area contributed by atoms with Gasteiger partial charge in [-0.2, -0.15) is 0 Å². The Morgan fingerprint density at radius 3 is 2.00 bits per heavy atom. The fraction of sp³-hybridized carbons (Fsp3) is 0.333. The van der Waals surface area contributed by atoms with Gasteiger partial charge >= 0.3 is 103 Å². The number of hydrogen-bond acceptors (Lipinski definition) is 5. The number of hydrogen-bond donors (Lipinski definition) is 1. The van der Waals surface area contributed by atoms with Crippen molar-refractivity contribution < 1.29 is 123 Å². The summed E-state index contributed by atoms with van der Waals surface area (Å²) in [4.78, 5) is 20.6. The van der Waals surface area contributed by atoms with Crippen LogP contribution in [0.1, 0.15) is 24.0 Å². The second-order valence-corrected chi connectivity index (χ2v) is 3.78. The summed E-state index contributed by atoms with van der Waals surface area (Å²) in [5.74, 6) is -2.23. The molecule has 92 valence electrons. The van der Waals surface area contributed by atoms with Crippen LogP contribution in [-0.2, 0) is 22.4 Å². The third kappa shape index (κ3) is 9.73. The van der Waals surface area contributed by atoms with E-state index < -0.39 is 11.9 Å². The molecule has 0 amide bonds. The maximum atomic E-state index is 10.3. The fourth-order valence-corrected chi connectivity index (χ4v) is 1.51. The number of aliphatic carboxylic acids is 2. The van der Waals surface area contributed by atoms with E-state index in [0.717, 1.165) is 11.1 Å². The summed E-state index contributed by atoms with van der Waals surface area (Å²) in [7, 11) is 0. The van der Waals surface area contributed by atoms with Gasteiger partial charge in [0.15, 0.2) is 0 Å². The molecule has 0 bridgehead atoms. The summed E-state index contributed by atoms with van der Waals surface area (Å²) in [6.45, 7) is 0. The van der Waals surface area contributed by atoms with E-state index in [4.69, 9.17) is 5.73 Å². The molecule has 0 heterocycles. The molecule has 0 fully saturated rings. The maximum absolute atomic E-state index is 10.3. The summed E-state index contributed by atoms with van der Waals surface area (Å²) >= 11 is 0. The Morgan fingerprint density at radius 2 is 1.53 bits per heavy atom. The van der Waals surface area contributed by atoms with E-state index in [9.17, 15) is 19.8 Å². The Kier molecular flexibility index (Phi) is 14.0. The van der Waals surface area contributed by atoms with E-state index in [-0.39, 0.29) is 116 Å². The van der Waals surface area contributed by atoms with E-state index >= 15 is 0 Å². The zero-order chi connectivity index (χ0) is 12.8. The molecule has 1 rings (SSSR count). The predicted molar refractivity (Wildman–Crippen MR) is 57.5 cm³/mol. The SMILES string of the molecule is Nc1cc(CCC(=O)[O-])ccc1CCC(=O)[O-].[K+].[K+]. The van der Waals surface area contributed by atoms with Crippen LogP contribution in [0, 0.1) is 0 Å². The van der Waals surface area contributed by atoms with Crippen LogP contribution in [0.4, 0.5) is 5.69 Å². The minimum Gasteiger partial charge on any atom is -0.550 e. The molecule has 7 heteroatoms. The van der Waals surface area contributed by atoms with Crippen LogP contribution < -0.4 is 119 Å². The molecule has 0 saturated carbocycles. The third-order valence-electron chi connectivity index (χ3n) is 2.43. The quantitative estimate of drug-likeness (QED) is 0.415. The number of carbonyl (C=O) groups is 2. The molecule has 0 atom stereocenters. The Labute approximate surface area is 197 Å². The van der Waals surface area contributed by atoms with Crippen LogP contribution in [0.5, 0.6) is 0 Å². The Morgan fingerprint density at radius 1 is 1.00 bits per heavy atom. The largest absolute Gasteiger partial charge is 1.00 e. The molecule has 0 aliphatic heterocycles. The van der Waals surface area contributed by atoms with E-state index in [1.54, 1.807) is 18.2 Å². The molecule has 0 aromatic heterocycles. The molecule has 1 aromatic carbocycles. The van der Waals surface area contributed by atoms with Gasteiger partial charge in [-0.3, -0.25) is 0 Å². The number of anilines is 1. The van der Waals surface area contributed by atoms with Crippen molar-refractivity contribution >= 4 is 17.6 Å². The van der Waals surface area contributed by atoms with Gasteiger partial charge < -0.3 is 25.5 Å². The van der Waals surface area contributed by atoms with Gasteiger partial charge in [-0.15, -0.1) is 0 Å².